The van der Waals surface area contributed by atoms with Crippen molar-refractivity contribution in [1.29, 1.82) is 0 Å². The molecule has 0 amide bonds. The third-order valence-electron chi connectivity index (χ3n) is 7.19. The lowest BCUT2D eigenvalue weighted by atomic mass is 9.87. The molecule has 0 spiro atoms. The predicted molar refractivity (Wildman–Crippen MR) is 161 cm³/mol. The molecule has 236 valence electrons. The number of hydrogen-bond donors (Lipinski definition) is 1. The molecule has 2 fully saturated rings. The molecule has 0 unspecified atom stereocenters. The zero-order chi connectivity index (χ0) is 29.8. The van der Waals surface area contributed by atoms with Gasteiger partial charge in [-0.05, 0) is 89.4 Å². The largest absolute Gasteiger partial charge is 0.463 e. The minimum absolute atomic E-state index is 0.182. The van der Waals surface area contributed by atoms with Crippen LogP contribution < -0.4 is 5.32 Å². The topological polar surface area (TPSA) is 86.3 Å². The molecule has 0 saturated carbocycles. The maximum Gasteiger partial charge on any atom is 0.307 e. The summed E-state index contributed by atoms with van der Waals surface area (Å²) in [5.74, 6) is 1.66. The molecule has 40 heavy (non-hydrogen) atoms. The van der Waals surface area contributed by atoms with E-state index >= 15 is 0 Å². The third-order valence-corrected chi connectivity index (χ3v) is 7.19. The molecule has 0 bridgehead atoms. The molecule has 2 rings (SSSR count). The number of rotatable bonds is 17. The molecule has 0 radical (unpaired) electrons. The molecule has 2 aliphatic rings. The normalized spacial score (nSPS) is 17.5. The minimum Gasteiger partial charge on any atom is -0.463 e. The second kappa shape index (κ2) is 21.5. The van der Waals surface area contributed by atoms with Crippen molar-refractivity contribution in [1.82, 2.24) is 10.2 Å². The van der Waals surface area contributed by atoms with Crippen LogP contribution in [0.4, 0.5) is 0 Å². The van der Waals surface area contributed by atoms with Gasteiger partial charge in [-0.15, -0.1) is 0 Å². The lowest BCUT2D eigenvalue weighted by Gasteiger charge is -2.32. The van der Waals surface area contributed by atoms with Crippen molar-refractivity contribution in [3.8, 4) is 0 Å². The Bertz CT molecular complexity index is 653. The first-order valence-corrected chi connectivity index (χ1v) is 16.0. The summed E-state index contributed by atoms with van der Waals surface area (Å²) in [6, 6.07) is 0. The SMILES string of the molecule is CC(C)C.CC(C)CC(=O)OCCOC(C)(C)OCCOC(=O)CCN1CCC(CCCC2CCNCC2)CC1. The van der Waals surface area contributed by atoms with Crippen LogP contribution in [0.1, 0.15) is 106 Å². The molecule has 8 nitrogen and oxygen atoms in total. The van der Waals surface area contributed by atoms with Crippen molar-refractivity contribution in [2.24, 2.45) is 23.7 Å². The summed E-state index contributed by atoms with van der Waals surface area (Å²) in [5.41, 5.74) is 0. The van der Waals surface area contributed by atoms with E-state index in [0.29, 0.717) is 12.8 Å². The number of carbonyl (C=O) groups excluding carboxylic acids is 2. The molecule has 0 aromatic rings. The van der Waals surface area contributed by atoms with E-state index in [4.69, 9.17) is 18.9 Å². The third kappa shape index (κ3) is 20.6. The van der Waals surface area contributed by atoms with Gasteiger partial charge < -0.3 is 29.2 Å². The molecule has 1 N–H and O–H groups in total. The summed E-state index contributed by atoms with van der Waals surface area (Å²) < 4.78 is 21.8. The van der Waals surface area contributed by atoms with Crippen molar-refractivity contribution in [3.05, 3.63) is 0 Å². The number of piperidine rings is 2. The molecule has 2 heterocycles. The zero-order valence-electron chi connectivity index (χ0n) is 26.9. The highest BCUT2D eigenvalue weighted by Crippen LogP contribution is 2.26. The van der Waals surface area contributed by atoms with E-state index in [9.17, 15) is 9.59 Å². The molecule has 0 atom stereocenters. The summed E-state index contributed by atoms with van der Waals surface area (Å²) in [5, 5.41) is 3.45. The highest BCUT2D eigenvalue weighted by Gasteiger charge is 2.22. The Morgan fingerprint density at radius 3 is 1.82 bits per heavy atom. The molecule has 0 aliphatic carbocycles. The molecular formula is C32H62N2O6. The minimum atomic E-state index is -0.838. The Labute approximate surface area is 245 Å². The van der Waals surface area contributed by atoms with Crippen LogP contribution in [0.5, 0.6) is 0 Å². The number of ether oxygens (including phenoxy) is 4. The Hall–Kier alpha value is -1.22. The molecule has 8 heteroatoms. The molecular weight excluding hydrogens is 508 g/mol. The highest BCUT2D eigenvalue weighted by atomic mass is 16.7. The Morgan fingerprint density at radius 2 is 1.30 bits per heavy atom. The van der Waals surface area contributed by atoms with Crippen molar-refractivity contribution in [2.45, 2.75) is 112 Å². The van der Waals surface area contributed by atoms with Crippen molar-refractivity contribution < 1.29 is 28.5 Å². The van der Waals surface area contributed by atoms with Crippen LogP contribution in [-0.2, 0) is 28.5 Å². The first-order valence-electron chi connectivity index (χ1n) is 16.0. The van der Waals surface area contributed by atoms with Gasteiger partial charge in [0.25, 0.3) is 0 Å². The van der Waals surface area contributed by atoms with Gasteiger partial charge in [-0.2, -0.15) is 0 Å². The second-order valence-corrected chi connectivity index (χ2v) is 13.0. The Kier molecular flexibility index (Phi) is 19.8. The smallest absolute Gasteiger partial charge is 0.307 e. The zero-order valence-corrected chi connectivity index (χ0v) is 26.9. The number of nitrogens with zero attached hydrogens (tertiary/aromatic N) is 1. The first kappa shape index (κ1) is 36.8. The number of carbonyl (C=O) groups is 2. The van der Waals surface area contributed by atoms with Crippen LogP contribution in [0.3, 0.4) is 0 Å². The average molecular weight is 571 g/mol. The van der Waals surface area contributed by atoms with Crippen LogP contribution in [0.25, 0.3) is 0 Å². The molecule has 2 saturated heterocycles. The van der Waals surface area contributed by atoms with Gasteiger partial charge in [-0.25, -0.2) is 0 Å². The first-order chi connectivity index (χ1) is 19.0. The fourth-order valence-corrected chi connectivity index (χ4v) is 5.01. The van der Waals surface area contributed by atoms with E-state index in [1.54, 1.807) is 13.8 Å². The summed E-state index contributed by atoms with van der Waals surface area (Å²) in [6.07, 6.45) is 10.2. The van der Waals surface area contributed by atoms with Gasteiger partial charge in [0, 0.05) is 13.0 Å². The maximum absolute atomic E-state index is 12.1. The summed E-state index contributed by atoms with van der Waals surface area (Å²) in [7, 11) is 0. The van der Waals surface area contributed by atoms with E-state index < -0.39 is 5.79 Å². The van der Waals surface area contributed by atoms with E-state index in [1.165, 1.54) is 58.0 Å². The van der Waals surface area contributed by atoms with Gasteiger partial charge in [0.15, 0.2) is 5.79 Å². The fourth-order valence-electron chi connectivity index (χ4n) is 5.01. The van der Waals surface area contributed by atoms with Crippen molar-refractivity contribution >= 4 is 11.9 Å². The summed E-state index contributed by atoms with van der Waals surface area (Å²) in [6.45, 7) is 20.3. The van der Waals surface area contributed by atoms with Gasteiger partial charge in [-0.1, -0.05) is 53.9 Å². The van der Waals surface area contributed by atoms with E-state index in [2.05, 4.69) is 31.0 Å². The van der Waals surface area contributed by atoms with Crippen molar-refractivity contribution in [3.63, 3.8) is 0 Å². The lowest BCUT2D eigenvalue weighted by molar-refractivity contribution is -0.223. The van der Waals surface area contributed by atoms with Crippen LogP contribution in [0, 0.1) is 23.7 Å². The van der Waals surface area contributed by atoms with Gasteiger partial charge in [0.2, 0.25) is 0 Å². The van der Waals surface area contributed by atoms with Crippen LogP contribution in [0.15, 0.2) is 0 Å². The number of hydrogen-bond acceptors (Lipinski definition) is 8. The van der Waals surface area contributed by atoms with E-state index in [0.717, 1.165) is 37.4 Å². The van der Waals surface area contributed by atoms with Crippen LogP contribution in [0.2, 0.25) is 0 Å². The van der Waals surface area contributed by atoms with Crippen LogP contribution in [-0.4, -0.2) is 81.8 Å². The standard InChI is InChI=1S/C28H52N2O6.C4H10/c1-23(2)22-27(32)34-19-21-36-28(3,4)35-20-18-33-26(31)12-17-30-15-10-25(11-16-30)7-5-6-24-8-13-29-14-9-24;1-4(2)3/h23-25,29H,5-22H2,1-4H3;4H,1-3H3. The fraction of sp³-hybridized carbons (Fsp3) is 0.938. The average Bonchev–Trinajstić information content (AvgIpc) is 2.89. The highest BCUT2D eigenvalue weighted by molar-refractivity contribution is 5.69. The number of esters is 2. The maximum atomic E-state index is 12.1. The Morgan fingerprint density at radius 1 is 0.800 bits per heavy atom. The van der Waals surface area contributed by atoms with E-state index in [1.807, 2.05) is 13.8 Å². The summed E-state index contributed by atoms with van der Waals surface area (Å²) in [4.78, 5) is 26.1. The Balaban J connectivity index is 0.00000187. The molecule has 0 aromatic heterocycles. The number of nitrogens with one attached hydrogen (secondary N) is 1. The van der Waals surface area contributed by atoms with Gasteiger partial charge in [0.05, 0.1) is 19.6 Å². The molecule has 0 aromatic carbocycles. The van der Waals surface area contributed by atoms with Gasteiger partial charge in [-0.3, -0.25) is 9.59 Å². The monoisotopic (exact) mass is 570 g/mol. The number of likely N-dealkylation sites (tertiary alicyclic amines) is 1. The van der Waals surface area contributed by atoms with Gasteiger partial charge >= 0.3 is 11.9 Å². The summed E-state index contributed by atoms with van der Waals surface area (Å²) >= 11 is 0. The van der Waals surface area contributed by atoms with Crippen molar-refractivity contribution in [2.75, 3.05) is 59.2 Å². The molecule has 2 aliphatic heterocycles. The second-order valence-electron chi connectivity index (χ2n) is 13.0. The van der Waals surface area contributed by atoms with E-state index in [-0.39, 0.29) is 44.3 Å². The predicted octanol–water partition coefficient (Wildman–Crippen LogP) is 5.82. The van der Waals surface area contributed by atoms with Crippen LogP contribution >= 0.6 is 0 Å². The lowest BCUT2D eigenvalue weighted by Crippen LogP contribution is -2.35. The quantitative estimate of drug-likeness (QED) is 0.133. The van der Waals surface area contributed by atoms with Gasteiger partial charge in [0.1, 0.15) is 13.2 Å².